The van der Waals surface area contributed by atoms with Crippen LogP contribution < -0.4 is 10.6 Å². The average molecular weight is 273 g/mol. The molecule has 2 aromatic rings. The second-order valence-electron chi connectivity index (χ2n) is 4.94. The maximum Gasteiger partial charge on any atom is 0.0459 e. The first kappa shape index (κ1) is 12.5. The number of nitrogens with two attached hydrogens (primary N) is 1. The van der Waals surface area contributed by atoms with E-state index in [-0.39, 0.29) is 0 Å². The molecule has 3 rings (SSSR count). The van der Waals surface area contributed by atoms with Crippen LogP contribution >= 0.6 is 11.6 Å². The van der Waals surface area contributed by atoms with Crippen molar-refractivity contribution in [3.63, 3.8) is 0 Å². The van der Waals surface area contributed by atoms with Gasteiger partial charge in [0.1, 0.15) is 0 Å². The zero-order chi connectivity index (χ0) is 13.2. The summed E-state index contributed by atoms with van der Waals surface area (Å²) in [6, 6.07) is 14.9. The SMILES string of the molecule is NCCc1ccc(N2Cc3ccccc3C2)cc1Cl. The molecule has 0 saturated carbocycles. The van der Waals surface area contributed by atoms with Crippen molar-refractivity contribution >= 4 is 17.3 Å². The van der Waals surface area contributed by atoms with E-state index < -0.39 is 0 Å². The van der Waals surface area contributed by atoms with Gasteiger partial charge in [0.05, 0.1) is 0 Å². The summed E-state index contributed by atoms with van der Waals surface area (Å²) in [7, 11) is 0. The molecular formula is C16H17ClN2. The van der Waals surface area contributed by atoms with Gasteiger partial charge in [0, 0.05) is 23.8 Å². The molecule has 1 heterocycles. The summed E-state index contributed by atoms with van der Waals surface area (Å²) in [5.74, 6) is 0. The number of benzene rings is 2. The molecule has 0 aromatic heterocycles. The molecule has 1 aliphatic rings. The van der Waals surface area contributed by atoms with Gasteiger partial charge < -0.3 is 10.6 Å². The monoisotopic (exact) mass is 272 g/mol. The maximum atomic E-state index is 6.32. The molecule has 0 spiro atoms. The first-order valence-electron chi connectivity index (χ1n) is 6.58. The smallest absolute Gasteiger partial charge is 0.0459 e. The van der Waals surface area contributed by atoms with Crippen LogP contribution in [0.1, 0.15) is 16.7 Å². The summed E-state index contributed by atoms with van der Waals surface area (Å²) in [4.78, 5) is 2.35. The van der Waals surface area contributed by atoms with Crippen molar-refractivity contribution in [3.05, 3.63) is 64.2 Å². The van der Waals surface area contributed by atoms with Crippen LogP contribution in [0.5, 0.6) is 0 Å². The number of nitrogens with zero attached hydrogens (tertiary/aromatic N) is 1. The van der Waals surface area contributed by atoms with Gasteiger partial charge in [-0.2, -0.15) is 0 Å². The summed E-state index contributed by atoms with van der Waals surface area (Å²) < 4.78 is 0. The second kappa shape index (κ2) is 5.24. The number of hydrogen-bond acceptors (Lipinski definition) is 2. The van der Waals surface area contributed by atoms with E-state index in [9.17, 15) is 0 Å². The highest BCUT2D eigenvalue weighted by molar-refractivity contribution is 6.31. The number of rotatable bonds is 3. The highest BCUT2D eigenvalue weighted by Crippen LogP contribution is 2.30. The van der Waals surface area contributed by atoms with Crippen molar-refractivity contribution in [1.29, 1.82) is 0 Å². The molecule has 1 aliphatic heterocycles. The predicted octanol–water partition coefficient (Wildman–Crippen LogP) is 3.36. The first-order chi connectivity index (χ1) is 9.28. The Balaban J connectivity index is 1.83. The molecule has 2 aromatic carbocycles. The Bertz CT molecular complexity index is 570. The summed E-state index contributed by atoms with van der Waals surface area (Å²) >= 11 is 6.32. The van der Waals surface area contributed by atoms with Gasteiger partial charge >= 0.3 is 0 Å². The molecule has 0 unspecified atom stereocenters. The van der Waals surface area contributed by atoms with Gasteiger partial charge in [0.2, 0.25) is 0 Å². The van der Waals surface area contributed by atoms with Crippen LogP contribution in [0.15, 0.2) is 42.5 Å². The molecule has 0 radical (unpaired) electrons. The minimum Gasteiger partial charge on any atom is -0.363 e. The molecule has 0 fully saturated rings. The highest BCUT2D eigenvalue weighted by atomic mass is 35.5. The van der Waals surface area contributed by atoms with Crippen LogP contribution in [0.3, 0.4) is 0 Å². The summed E-state index contributed by atoms with van der Waals surface area (Å²) in [6.45, 7) is 2.56. The minimum absolute atomic E-state index is 0.633. The van der Waals surface area contributed by atoms with Crippen molar-refractivity contribution in [2.45, 2.75) is 19.5 Å². The minimum atomic E-state index is 0.633. The van der Waals surface area contributed by atoms with Gasteiger partial charge in [-0.15, -0.1) is 0 Å². The van der Waals surface area contributed by atoms with Crippen molar-refractivity contribution < 1.29 is 0 Å². The van der Waals surface area contributed by atoms with Crippen molar-refractivity contribution in [3.8, 4) is 0 Å². The maximum absolute atomic E-state index is 6.32. The van der Waals surface area contributed by atoms with Gasteiger partial charge in [0.15, 0.2) is 0 Å². The van der Waals surface area contributed by atoms with Gasteiger partial charge in [0.25, 0.3) is 0 Å². The Morgan fingerprint density at radius 2 is 1.74 bits per heavy atom. The molecule has 2 nitrogen and oxygen atoms in total. The third kappa shape index (κ3) is 2.46. The molecule has 2 N–H and O–H groups in total. The Morgan fingerprint density at radius 3 is 2.32 bits per heavy atom. The van der Waals surface area contributed by atoms with E-state index >= 15 is 0 Å². The highest BCUT2D eigenvalue weighted by Gasteiger charge is 2.18. The predicted molar refractivity (Wildman–Crippen MR) is 80.5 cm³/mol. The summed E-state index contributed by atoms with van der Waals surface area (Å²) in [5.41, 5.74) is 10.7. The zero-order valence-corrected chi connectivity index (χ0v) is 11.5. The van der Waals surface area contributed by atoms with Gasteiger partial charge in [-0.3, -0.25) is 0 Å². The lowest BCUT2D eigenvalue weighted by atomic mass is 10.1. The van der Waals surface area contributed by atoms with Crippen LogP contribution in [0.25, 0.3) is 0 Å². The fourth-order valence-electron chi connectivity index (χ4n) is 2.61. The topological polar surface area (TPSA) is 29.3 Å². The van der Waals surface area contributed by atoms with E-state index in [1.54, 1.807) is 0 Å². The Hall–Kier alpha value is -1.51. The average Bonchev–Trinajstić information content (AvgIpc) is 2.85. The van der Waals surface area contributed by atoms with E-state index in [4.69, 9.17) is 17.3 Å². The third-order valence-electron chi connectivity index (χ3n) is 3.66. The molecule has 98 valence electrons. The van der Waals surface area contributed by atoms with E-state index in [1.807, 2.05) is 0 Å². The zero-order valence-electron chi connectivity index (χ0n) is 10.8. The fraction of sp³-hybridized carbons (Fsp3) is 0.250. The third-order valence-corrected chi connectivity index (χ3v) is 4.01. The fourth-order valence-corrected chi connectivity index (χ4v) is 2.88. The molecule has 0 aliphatic carbocycles. The molecule has 19 heavy (non-hydrogen) atoms. The number of anilines is 1. The Kier molecular flexibility index (Phi) is 3.45. The van der Waals surface area contributed by atoms with Crippen molar-refractivity contribution in [2.24, 2.45) is 5.73 Å². The summed E-state index contributed by atoms with van der Waals surface area (Å²) in [5, 5.41) is 0.818. The van der Waals surface area contributed by atoms with E-state index in [2.05, 4.69) is 47.4 Å². The normalized spacial score (nSPS) is 13.7. The largest absolute Gasteiger partial charge is 0.363 e. The molecular weight excluding hydrogens is 256 g/mol. The van der Waals surface area contributed by atoms with E-state index in [0.29, 0.717) is 6.54 Å². The molecule has 0 amide bonds. The molecule has 0 saturated heterocycles. The number of hydrogen-bond donors (Lipinski definition) is 1. The van der Waals surface area contributed by atoms with Crippen molar-refractivity contribution in [2.75, 3.05) is 11.4 Å². The van der Waals surface area contributed by atoms with Crippen LogP contribution in [0.4, 0.5) is 5.69 Å². The van der Waals surface area contributed by atoms with Crippen LogP contribution in [0, 0.1) is 0 Å². The second-order valence-corrected chi connectivity index (χ2v) is 5.35. The van der Waals surface area contributed by atoms with Crippen LogP contribution in [-0.2, 0) is 19.5 Å². The lowest BCUT2D eigenvalue weighted by molar-refractivity contribution is 0.878. The number of fused-ring (bicyclic) bond motifs is 1. The standard InChI is InChI=1S/C16H17ClN2/c17-16-9-15(6-5-12(16)7-8-18)19-10-13-3-1-2-4-14(13)11-19/h1-6,9H,7-8,10-11,18H2. The summed E-state index contributed by atoms with van der Waals surface area (Å²) in [6.07, 6.45) is 0.833. The number of halogens is 1. The Labute approximate surface area is 118 Å². The molecule has 0 atom stereocenters. The van der Waals surface area contributed by atoms with E-state index in [1.165, 1.54) is 16.8 Å². The molecule has 0 bridgehead atoms. The van der Waals surface area contributed by atoms with Gasteiger partial charge in [-0.1, -0.05) is 41.9 Å². The van der Waals surface area contributed by atoms with Crippen LogP contribution in [0.2, 0.25) is 5.02 Å². The Morgan fingerprint density at radius 1 is 1.05 bits per heavy atom. The lowest BCUT2D eigenvalue weighted by Gasteiger charge is -2.19. The van der Waals surface area contributed by atoms with Crippen LogP contribution in [-0.4, -0.2) is 6.54 Å². The van der Waals surface area contributed by atoms with E-state index in [0.717, 1.165) is 30.1 Å². The lowest BCUT2D eigenvalue weighted by Crippen LogP contribution is -2.14. The van der Waals surface area contributed by atoms with Crippen molar-refractivity contribution in [1.82, 2.24) is 0 Å². The first-order valence-corrected chi connectivity index (χ1v) is 6.96. The molecule has 3 heteroatoms. The quantitative estimate of drug-likeness (QED) is 0.928. The van der Waals surface area contributed by atoms with Gasteiger partial charge in [-0.05, 0) is 41.8 Å². The van der Waals surface area contributed by atoms with Gasteiger partial charge in [-0.25, -0.2) is 0 Å².